The van der Waals surface area contributed by atoms with E-state index in [1.165, 1.54) is 12.2 Å². The topological polar surface area (TPSA) is 9.23 Å². The monoisotopic (exact) mass is 462 g/mol. The standard InChI is InChI=1S/C28H34F4O/c1-10-12-14-18(3)21(6)25(29)26(30)22(7)19(4)15-16-20(5)23(8)27(31)28(32)24(9)33-17-13-11-2/h11,13,15-16,18H,4-10,12,14,17H2,1-3H3/b13-11+,16-15-,26-25-,28-27-. The summed E-state index contributed by atoms with van der Waals surface area (Å²) in [6.07, 6.45) is 8.29. The zero-order valence-electron chi connectivity index (χ0n) is 19.9. The molecule has 0 amide bonds. The lowest BCUT2D eigenvalue weighted by Gasteiger charge is -2.14. The fourth-order valence-electron chi connectivity index (χ4n) is 2.42. The molecule has 0 saturated carbocycles. The molecule has 0 aliphatic heterocycles. The van der Waals surface area contributed by atoms with Crippen LogP contribution in [-0.4, -0.2) is 6.61 Å². The first kappa shape index (κ1) is 29.9. The van der Waals surface area contributed by atoms with E-state index in [1.54, 1.807) is 26.0 Å². The highest BCUT2D eigenvalue weighted by atomic mass is 19.2. The Morgan fingerprint density at radius 2 is 1.30 bits per heavy atom. The lowest BCUT2D eigenvalue weighted by atomic mass is 9.94. The van der Waals surface area contributed by atoms with Crippen molar-refractivity contribution < 1.29 is 22.3 Å². The summed E-state index contributed by atoms with van der Waals surface area (Å²) in [4.78, 5) is 0. The molecular formula is C28H34F4O. The SMILES string of the molecule is C=C(/C=C\C(=C)C(=C)/C(F)=C(/F)C(=C)C(C)CCCC)C(=C)/C(F)=C(/F)C(=C)OC/C=C/C. The van der Waals surface area contributed by atoms with Gasteiger partial charge < -0.3 is 4.74 Å². The van der Waals surface area contributed by atoms with Crippen molar-refractivity contribution >= 4 is 0 Å². The third kappa shape index (κ3) is 9.52. The van der Waals surface area contributed by atoms with Crippen molar-refractivity contribution in [2.45, 2.75) is 40.0 Å². The summed E-state index contributed by atoms with van der Waals surface area (Å²) in [6, 6.07) is 0. The van der Waals surface area contributed by atoms with Crippen LogP contribution in [-0.2, 0) is 4.74 Å². The van der Waals surface area contributed by atoms with Crippen LogP contribution in [0.3, 0.4) is 0 Å². The van der Waals surface area contributed by atoms with E-state index >= 15 is 0 Å². The molecule has 0 aromatic carbocycles. The van der Waals surface area contributed by atoms with Crippen molar-refractivity contribution in [3.8, 4) is 0 Å². The maximum Gasteiger partial charge on any atom is 0.200 e. The summed E-state index contributed by atoms with van der Waals surface area (Å²) in [5, 5.41) is 0. The molecule has 1 nitrogen and oxygen atoms in total. The molecule has 0 N–H and O–H groups in total. The Labute approximate surface area is 195 Å². The van der Waals surface area contributed by atoms with Gasteiger partial charge in [-0.2, -0.15) is 4.39 Å². The Bertz CT molecular complexity index is 926. The molecule has 0 bridgehead atoms. The molecule has 0 saturated heterocycles. The number of hydrogen-bond donors (Lipinski definition) is 0. The lowest BCUT2D eigenvalue weighted by Crippen LogP contribution is -2.01. The van der Waals surface area contributed by atoms with Gasteiger partial charge in [0.25, 0.3) is 0 Å². The van der Waals surface area contributed by atoms with Gasteiger partial charge in [-0.05, 0) is 36.0 Å². The van der Waals surface area contributed by atoms with Crippen LogP contribution in [0.15, 0.2) is 121 Å². The molecule has 0 aromatic rings. The molecule has 0 aliphatic carbocycles. The van der Waals surface area contributed by atoms with Crippen LogP contribution >= 0.6 is 0 Å². The van der Waals surface area contributed by atoms with Crippen LogP contribution in [0.25, 0.3) is 0 Å². The van der Waals surface area contributed by atoms with Crippen LogP contribution in [0.4, 0.5) is 17.6 Å². The number of halogens is 4. The van der Waals surface area contributed by atoms with Crippen molar-refractivity contribution in [2.75, 3.05) is 6.61 Å². The molecule has 33 heavy (non-hydrogen) atoms. The first-order chi connectivity index (χ1) is 15.4. The number of unbranched alkanes of at least 4 members (excludes halogenated alkanes) is 1. The highest BCUT2D eigenvalue weighted by molar-refractivity contribution is 5.54. The maximum atomic E-state index is 14.6. The van der Waals surface area contributed by atoms with Crippen LogP contribution in [0.1, 0.15) is 40.0 Å². The lowest BCUT2D eigenvalue weighted by molar-refractivity contribution is 0.241. The first-order valence-electron chi connectivity index (χ1n) is 10.6. The van der Waals surface area contributed by atoms with Crippen molar-refractivity contribution in [1.29, 1.82) is 0 Å². The summed E-state index contributed by atoms with van der Waals surface area (Å²) in [5.74, 6) is -5.57. The molecule has 0 aliphatic rings. The molecule has 5 heteroatoms. The molecule has 1 atom stereocenters. The van der Waals surface area contributed by atoms with Gasteiger partial charge in [-0.1, -0.05) is 90.5 Å². The van der Waals surface area contributed by atoms with Crippen LogP contribution in [0, 0.1) is 5.92 Å². The predicted molar refractivity (Wildman–Crippen MR) is 132 cm³/mol. The van der Waals surface area contributed by atoms with Gasteiger partial charge in [0.2, 0.25) is 5.83 Å². The molecule has 0 rings (SSSR count). The molecule has 180 valence electrons. The minimum Gasteiger partial charge on any atom is -0.487 e. The second-order valence-electron chi connectivity index (χ2n) is 7.47. The van der Waals surface area contributed by atoms with Gasteiger partial charge >= 0.3 is 0 Å². The molecule has 1 unspecified atom stereocenters. The Morgan fingerprint density at radius 3 is 1.76 bits per heavy atom. The molecule has 0 heterocycles. The second-order valence-corrected chi connectivity index (χ2v) is 7.47. The van der Waals surface area contributed by atoms with Crippen LogP contribution < -0.4 is 0 Å². The van der Waals surface area contributed by atoms with E-state index in [-0.39, 0.29) is 40.4 Å². The third-order valence-electron chi connectivity index (χ3n) is 4.88. The maximum absolute atomic E-state index is 14.6. The summed E-state index contributed by atoms with van der Waals surface area (Å²) in [7, 11) is 0. The van der Waals surface area contributed by atoms with Gasteiger partial charge in [-0.25, -0.2) is 13.2 Å². The largest absolute Gasteiger partial charge is 0.487 e. The number of rotatable bonds is 15. The van der Waals surface area contributed by atoms with Crippen molar-refractivity contribution in [3.63, 3.8) is 0 Å². The van der Waals surface area contributed by atoms with E-state index in [1.807, 2.05) is 6.92 Å². The zero-order valence-corrected chi connectivity index (χ0v) is 19.9. The van der Waals surface area contributed by atoms with E-state index in [4.69, 9.17) is 4.74 Å². The minimum atomic E-state index is -1.31. The summed E-state index contributed by atoms with van der Waals surface area (Å²) < 4.78 is 62.6. The van der Waals surface area contributed by atoms with Crippen molar-refractivity contribution in [3.05, 3.63) is 121 Å². The molecule has 0 aromatic heterocycles. The number of hydrogen-bond acceptors (Lipinski definition) is 1. The summed E-state index contributed by atoms with van der Waals surface area (Å²) in [5.41, 5.74) is -0.594. The second kappa shape index (κ2) is 14.9. The average Bonchev–Trinajstić information content (AvgIpc) is 2.81. The average molecular weight is 463 g/mol. The Kier molecular flexibility index (Phi) is 13.5. The fourth-order valence-corrected chi connectivity index (χ4v) is 2.42. The molecule has 0 fully saturated rings. The van der Waals surface area contributed by atoms with Gasteiger partial charge in [0, 0.05) is 11.1 Å². The quantitative estimate of drug-likeness (QED) is 0.102. The van der Waals surface area contributed by atoms with Crippen molar-refractivity contribution in [1.82, 2.24) is 0 Å². The van der Waals surface area contributed by atoms with Crippen LogP contribution in [0.2, 0.25) is 0 Å². The Balaban J connectivity index is 5.34. The number of allylic oxidation sites excluding steroid dienone is 12. The van der Waals surface area contributed by atoms with E-state index in [9.17, 15) is 17.6 Å². The van der Waals surface area contributed by atoms with E-state index < -0.39 is 29.1 Å². The minimum absolute atomic E-state index is 0.0136. The molecular weight excluding hydrogens is 428 g/mol. The summed E-state index contributed by atoms with van der Waals surface area (Å²) >= 11 is 0. The highest BCUT2D eigenvalue weighted by Gasteiger charge is 2.19. The van der Waals surface area contributed by atoms with Gasteiger partial charge in [-0.3, -0.25) is 0 Å². The fraction of sp³-hybridized carbons (Fsp3) is 0.286. The Hall–Kier alpha value is -3.08. The van der Waals surface area contributed by atoms with Crippen molar-refractivity contribution in [2.24, 2.45) is 5.92 Å². The highest BCUT2D eigenvalue weighted by Crippen LogP contribution is 2.32. The predicted octanol–water partition coefficient (Wildman–Crippen LogP) is 9.56. The van der Waals surface area contributed by atoms with Gasteiger partial charge in [-0.15, -0.1) is 0 Å². The van der Waals surface area contributed by atoms with Gasteiger partial charge in [0.15, 0.2) is 23.2 Å². The van der Waals surface area contributed by atoms with E-state index in [0.717, 1.165) is 12.8 Å². The Morgan fingerprint density at radius 1 is 0.818 bits per heavy atom. The van der Waals surface area contributed by atoms with E-state index in [0.29, 0.717) is 6.42 Å². The third-order valence-corrected chi connectivity index (χ3v) is 4.88. The smallest absolute Gasteiger partial charge is 0.200 e. The van der Waals surface area contributed by atoms with Crippen LogP contribution in [0.5, 0.6) is 0 Å². The first-order valence-corrected chi connectivity index (χ1v) is 10.6. The molecule has 0 radical (unpaired) electrons. The van der Waals surface area contributed by atoms with Gasteiger partial charge in [0.05, 0.1) is 0 Å². The zero-order chi connectivity index (χ0) is 25.7. The number of ether oxygens (including phenoxy) is 1. The van der Waals surface area contributed by atoms with E-state index in [2.05, 4.69) is 39.5 Å². The van der Waals surface area contributed by atoms with Gasteiger partial charge in [0.1, 0.15) is 6.61 Å². The summed E-state index contributed by atoms with van der Waals surface area (Å²) in [6.45, 7) is 26.8. The molecule has 0 spiro atoms. The normalized spacial score (nSPS) is 13.9.